The summed E-state index contributed by atoms with van der Waals surface area (Å²) in [5, 5.41) is 10.9. The number of benzene rings is 1. The smallest absolute Gasteiger partial charge is 0.240 e. The molecule has 2 aromatic heterocycles. The Morgan fingerprint density at radius 3 is 3.03 bits per heavy atom. The van der Waals surface area contributed by atoms with Crippen LogP contribution in [0, 0.1) is 0 Å². The van der Waals surface area contributed by atoms with Gasteiger partial charge in [0.25, 0.3) is 0 Å². The Balaban J connectivity index is 1.48. The Hall–Kier alpha value is -2.87. The first-order valence-electron chi connectivity index (χ1n) is 10.3. The summed E-state index contributed by atoms with van der Waals surface area (Å²) < 4.78 is 9.12. The highest BCUT2D eigenvalue weighted by atomic mass is 16.5. The number of anilines is 1. The van der Waals surface area contributed by atoms with E-state index in [4.69, 9.17) is 9.72 Å². The summed E-state index contributed by atoms with van der Waals surface area (Å²) in [6, 6.07) is 6.73. The lowest BCUT2D eigenvalue weighted by Crippen LogP contribution is -2.49. The van der Waals surface area contributed by atoms with Gasteiger partial charge in [-0.05, 0) is 38.0 Å². The lowest BCUT2D eigenvalue weighted by atomic mass is 9.98. The maximum absolute atomic E-state index is 12.6. The second-order valence-corrected chi connectivity index (χ2v) is 7.98. The zero-order chi connectivity index (χ0) is 19.8. The Morgan fingerprint density at radius 2 is 2.28 bits per heavy atom. The molecule has 0 radical (unpaired) electrons. The van der Waals surface area contributed by atoms with Gasteiger partial charge in [-0.2, -0.15) is 5.10 Å². The molecule has 1 atom stereocenters. The van der Waals surface area contributed by atoms with Crippen molar-refractivity contribution in [3.8, 4) is 0 Å². The van der Waals surface area contributed by atoms with Gasteiger partial charge in [-0.15, -0.1) is 0 Å². The van der Waals surface area contributed by atoms with E-state index in [2.05, 4.69) is 39.4 Å². The second kappa shape index (κ2) is 7.51. The van der Waals surface area contributed by atoms with Gasteiger partial charge in [0.2, 0.25) is 5.91 Å². The molecule has 0 aliphatic carbocycles. The minimum Gasteiger partial charge on any atom is -0.382 e. The average Bonchev–Trinajstić information content (AvgIpc) is 3.31. The summed E-state index contributed by atoms with van der Waals surface area (Å²) in [6.07, 6.45) is 6.53. The van der Waals surface area contributed by atoms with Crippen LogP contribution in [0.4, 0.5) is 5.69 Å². The third-order valence-electron chi connectivity index (χ3n) is 5.76. The Kier molecular flexibility index (Phi) is 4.71. The number of carbonyl (C=O) groups excluding carboxylic acids is 1. The highest BCUT2D eigenvalue weighted by molar-refractivity contribution is 5.87. The summed E-state index contributed by atoms with van der Waals surface area (Å²) in [5.74, 6) is 0.921. The molecule has 3 aromatic rings. The summed E-state index contributed by atoms with van der Waals surface area (Å²) in [6.45, 7) is 4.39. The summed E-state index contributed by atoms with van der Waals surface area (Å²) in [4.78, 5) is 17.6. The molecule has 2 N–H and O–H groups in total. The predicted octanol–water partition coefficient (Wildman–Crippen LogP) is 1.74. The third kappa shape index (κ3) is 3.60. The zero-order valence-electron chi connectivity index (χ0n) is 16.6. The van der Waals surface area contributed by atoms with Crippen LogP contribution in [-0.4, -0.2) is 50.5 Å². The van der Waals surface area contributed by atoms with E-state index in [-0.39, 0.29) is 18.5 Å². The molecular weight excluding hydrogens is 368 g/mol. The van der Waals surface area contributed by atoms with Gasteiger partial charge < -0.3 is 19.9 Å². The molecule has 8 nitrogen and oxygen atoms in total. The number of hydrogen-bond acceptors (Lipinski definition) is 5. The largest absolute Gasteiger partial charge is 0.382 e. The predicted molar refractivity (Wildman–Crippen MR) is 110 cm³/mol. The van der Waals surface area contributed by atoms with Crippen molar-refractivity contribution < 1.29 is 9.53 Å². The molecule has 1 saturated heterocycles. The van der Waals surface area contributed by atoms with Crippen molar-refractivity contribution in [3.63, 3.8) is 0 Å². The lowest BCUT2D eigenvalue weighted by molar-refractivity contribution is -0.125. The fraction of sp³-hybridized carbons (Fsp3) is 0.476. The molecule has 0 spiro atoms. The van der Waals surface area contributed by atoms with Crippen LogP contribution in [0.15, 0.2) is 30.6 Å². The molecule has 1 fully saturated rings. The fourth-order valence-electron chi connectivity index (χ4n) is 4.13. The monoisotopic (exact) mass is 394 g/mol. The Bertz CT molecular complexity index is 1020. The molecule has 8 heteroatoms. The lowest BCUT2D eigenvalue weighted by Gasteiger charge is -2.27. The number of nitrogens with one attached hydrogen (secondary N) is 2. The van der Waals surface area contributed by atoms with Crippen LogP contribution in [0.1, 0.15) is 24.7 Å². The first-order valence-corrected chi connectivity index (χ1v) is 10.3. The van der Waals surface area contributed by atoms with Crippen LogP contribution >= 0.6 is 0 Å². The maximum atomic E-state index is 12.6. The first kappa shape index (κ1) is 18.2. The van der Waals surface area contributed by atoms with Gasteiger partial charge in [-0.3, -0.25) is 9.48 Å². The number of hydrogen-bond donors (Lipinski definition) is 2. The van der Waals surface area contributed by atoms with Crippen molar-refractivity contribution in [1.29, 1.82) is 0 Å². The van der Waals surface area contributed by atoms with Crippen molar-refractivity contribution in [2.45, 2.75) is 51.4 Å². The number of amides is 1. The van der Waals surface area contributed by atoms with Crippen molar-refractivity contribution in [3.05, 3.63) is 42.0 Å². The van der Waals surface area contributed by atoms with Crippen molar-refractivity contribution in [1.82, 2.24) is 24.6 Å². The number of nitrogens with zero attached hydrogens (tertiary/aromatic N) is 4. The molecule has 0 saturated carbocycles. The zero-order valence-corrected chi connectivity index (χ0v) is 16.6. The Labute approximate surface area is 169 Å². The van der Waals surface area contributed by atoms with Crippen LogP contribution in [0.2, 0.25) is 0 Å². The molecule has 5 rings (SSSR count). The van der Waals surface area contributed by atoms with E-state index >= 15 is 0 Å². The number of rotatable bonds is 6. The van der Waals surface area contributed by atoms with Crippen molar-refractivity contribution in [2.75, 3.05) is 18.5 Å². The summed E-state index contributed by atoms with van der Waals surface area (Å²) in [7, 11) is 0. The van der Waals surface area contributed by atoms with Crippen molar-refractivity contribution >= 4 is 22.6 Å². The van der Waals surface area contributed by atoms with E-state index < -0.39 is 0 Å². The van der Waals surface area contributed by atoms with Gasteiger partial charge in [0.05, 0.1) is 30.3 Å². The molecule has 29 heavy (non-hydrogen) atoms. The number of ether oxygens (including phenoxy) is 1. The van der Waals surface area contributed by atoms with Gasteiger partial charge in [0.1, 0.15) is 12.4 Å². The van der Waals surface area contributed by atoms with Gasteiger partial charge in [-0.1, -0.05) is 0 Å². The third-order valence-corrected chi connectivity index (χ3v) is 5.76. The van der Waals surface area contributed by atoms with Crippen LogP contribution in [0.3, 0.4) is 0 Å². The summed E-state index contributed by atoms with van der Waals surface area (Å²) in [5.41, 5.74) is 4.45. The van der Waals surface area contributed by atoms with Crippen molar-refractivity contribution in [2.24, 2.45) is 0 Å². The second-order valence-electron chi connectivity index (χ2n) is 7.98. The number of imidazole rings is 1. The minimum absolute atomic E-state index is 0.00223. The Morgan fingerprint density at radius 1 is 1.38 bits per heavy atom. The molecule has 1 amide bonds. The highest BCUT2D eigenvalue weighted by Gasteiger charge is 2.24. The number of aryl methyl sites for hydroxylation is 3. The van der Waals surface area contributed by atoms with E-state index in [1.165, 1.54) is 5.56 Å². The van der Waals surface area contributed by atoms with Crippen LogP contribution in [-0.2, 0) is 35.5 Å². The molecular formula is C21H26N6O2. The molecule has 2 aliphatic rings. The van der Waals surface area contributed by atoms with E-state index in [0.29, 0.717) is 19.3 Å². The molecule has 4 heterocycles. The molecule has 152 valence electrons. The first-order chi connectivity index (χ1) is 14.2. The standard InChI is InChI=1S/C21H26N6O2/c1-14-3-4-16-17(23-14)5-6-18-21(16)25-19(7-10-26-9-2-8-22-26)27(18)11-20(28)24-15-12-29-13-15/h2,5-6,8-9,14-15,23H,3-4,7,10-13H2,1H3,(H,24,28)/t14-/m0/s1. The topological polar surface area (TPSA) is 86.0 Å². The molecule has 2 aliphatic heterocycles. The summed E-state index contributed by atoms with van der Waals surface area (Å²) >= 11 is 0. The van der Waals surface area contributed by atoms with E-state index in [1.54, 1.807) is 6.20 Å². The van der Waals surface area contributed by atoms with E-state index in [0.717, 1.165) is 48.4 Å². The quantitative estimate of drug-likeness (QED) is 0.665. The van der Waals surface area contributed by atoms with Gasteiger partial charge in [0, 0.05) is 42.7 Å². The van der Waals surface area contributed by atoms with E-state index in [9.17, 15) is 4.79 Å². The number of aromatic nitrogens is 4. The van der Waals surface area contributed by atoms with Crippen LogP contribution in [0.5, 0.6) is 0 Å². The normalized spacial score (nSPS) is 18.9. The van der Waals surface area contributed by atoms with Gasteiger partial charge in [-0.25, -0.2) is 4.98 Å². The molecule has 0 bridgehead atoms. The van der Waals surface area contributed by atoms with Gasteiger partial charge in [0.15, 0.2) is 0 Å². The highest BCUT2D eigenvalue weighted by Crippen LogP contribution is 2.32. The molecule has 1 aromatic carbocycles. The van der Waals surface area contributed by atoms with Gasteiger partial charge >= 0.3 is 0 Å². The fourth-order valence-corrected chi connectivity index (χ4v) is 4.13. The molecule has 0 unspecified atom stereocenters. The van der Waals surface area contributed by atoms with Crippen LogP contribution < -0.4 is 10.6 Å². The van der Waals surface area contributed by atoms with E-state index in [1.807, 2.05) is 16.9 Å². The number of carbonyl (C=O) groups is 1. The average molecular weight is 394 g/mol. The SMILES string of the molecule is C[C@H]1CCc2c(ccc3c2nc(CCn2cccn2)n3CC(=O)NC2COC2)N1. The van der Waals surface area contributed by atoms with Crippen LogP contribution in [0.25, 0.3) is 11.0 Å². The maximum Gasteiger partial charge on any atom is 0.240 e. The number of fused-ring (bicyclic) bond motifs is 3. The minimum atomic E-state index is 0.00223.